The van der Waals surface area contributed by atoms with Crippen LogP contribution in [0.15, 0.2) is 30.3 Å². The standard InChI is InChI=1S/C19H27NO/c1-20(2)16-10-9-15-19(21,17-11-5-3-6-12-17)18-13-7-4-8-14-18/h3,5-6,11-12,18,21H,4,7-8,10,13-14,16H2,1-2H3. The molecule has 1 aromatic rings. The molecule has 1 N–H and O–H groups in total. The molecule has 1 aliphatic rings. The van der Waals surface area contributed by atoms with Gasteiger partial charge in [-0.1, -0.05) is 61.4 Å². The van der Waals surface area contributed by atoms with E-state index in [1.54, 1.807) is 0 Å². The first-order valence-electron chi connectivity index (χ1n) is 8.05. The number of aliphatic hydroxyl groups is 1. The molecule has 1 atom stereocenters. The van der Waals surface area contributed by atoms with Gasteiger partial charge in [0.25, 0.3) is 0 Å². The molecular weight excluding hydrogens is 258 g/mol. The fourth-order valence-electron chi connectivity index (χ4n) is 3.10. The monoisotopic (exact) mass is 285 g/mol. The van der Waals surface area contributed by atoms with E-state index >= 15 is 0 Å². The predicted molar refractivity (Wildman–Crippen MR) is 87.9 cm³/mol. The van der Waals surface area contributed by atoms with Crippen LogP contribution in [0.2, 0.25) is 0 Å². The van der Waals surface area contributed by atoms with Gasteiger partial charge < -0.3 is 10.0 Å². The largest absolute Gasteiger partial charge is 0.373 e. The molecule has 0 aromatic heterocycles. The quantitative estimate of drug-likeness (QED) is 0.857. The summed E-state index contributed by atoms with van der Waals surface area (Å²) in [6, 6.07) is 9.99. The third kappa shape index (κ3) is 4.33. The van der Waals surface area contributed by atoms with Gasteiger partial charge in [-0.2, -0.15) is 0 Å². The Morgan fingerprint density at radius 1 is 1.14 bits per heavy atom. The number of benzene rings is 1. The van der Waals surface area contributed by atoms with E-state index in [0.717, 1.165) is 31.4 Å². The summed E-state index contributed by atoms with van der Waals surface area (Å²) < 4.78 is 0. The summed E-state index contributed by atoms with van der Waals surface area (Å²) in [5.74, 6) is 6.69. The summed E-state index contributed by atoms with van der Waals surface area (Å²) in [6.07, 6.45) is 6.66. The van der Waals surface area contributed by atoms with Gasteiger partial charge in [0.15, 0.2) is 5.60 Å². The molecule has 1 aliphatic carbocycles. The van der Waals surface area contributed by atoms with Gasteiger partial charge >= 0.3 is 0 Å². The van der Waals surface area contributed by atoms with E-state index in [1.165, 1.54) is 19.3 Å². The van der Waals surface area contributed by atoms with Crippen LogP contribution < -0.4 is 0 Å². The van der Waals surface area contributed by atoms with Crippen LogP contribution in [0.5, 0.6) is 0 Å². The van der Waals surface area contributed by atoms with Crippen molar-refractivity contribution < 1.29 is 5.11 Å². The average molecular weight is 285 g/mol. The summed E-state index contributed by atoms with van der Waals surface area (Å²) >= 11 is 0. The maximum atomic E-state index is 11.3. The van der Waals surface area contributed by atoms with Crippen LogP contribution in [0, 0.1) is 17.8 Å². The summed E-state index contributed by atoms with van der Waals surface area (Å²) in [5.41, 5.74) is -0.0252. The molecule has 0 aliphatic heterocycles. The lowest BCUT2D eigenvalue weighted by Gasteiger charge is -2.35. The van der Waals surface area contributed by atoms with E-state index in [2.05, 4.69) is 16.7 Å². The second-order valence-corrected chi connectivity index (χ2v) is 6.32. The van der Waals surface area contributed by atoms with E-state index in [-0.39, 0.29) is 5.92 Å². The highest BCUT2D eigenvalue weighted by atomic mass is 16.3. The van der Waals surface area contributed by atoms with Gasteiger partial charge in [0, 0.05) is 18.9 Å². The van der Waals surface area contributed by atoms with Gasteiger partial charge in [0.1, 0.15) is 0 Å². The van der Waals surface area contributed by atoms with Crippen LogP contribution in [0.4, 0.5) is 0 Å². The van der Waals surface area contributed by atoms with Gasteiger partial charge in [0.2, 0.25) is 0 Å². The van der Waals surface area contributed by atoms with Gasteiger partial charge in [-0.15, -0.1) is 0 Å². The van der Waals surface area contributed by atoms with Crippen LogP contribution in [0.25, 0.3) is 0 Å². The topological polar surface area (TPSA) is 23.5 Å². The molecule has 2 nitrogen and oxygen atoms in total. The third-order valence-corrected chi connectivity index (χ3v) is 4.37. The predicted octanol–water partition coefficient (Wildman–Crippen LogP) is 3.41. The van der Waals surface area contributed by atoms with Gasteiger partial charge in [-0.3, -0.25) is 0 Å². The Kier molecular flexibility index (Phi) is 5.85. The number of hydrogen-bond donors (Lipinski definition) is 1. The minimum Gasteiger partial charge on any atom is -0.373 e. The van der Waals surface area contributed by atoms with Crippen LogP contribution in [0.1, 0.15) is 44.1 Å². The molecule has 0 bridgehead atoms. The molecular formula is C19H27NO. The summed E-state index contributed by atoms with van der Waals surface area (Å²) in [4.78, 5) is 2.12. The first-order valence-corrected chi connectivity index (χ1v) is 8.05. The molecule has 2 rings (SSSR count). The molecule has 0 spiro atoms. The van der Waals surface area contributed by atoms with E-state index in [4.69, 9.17) is 0 Å². The molecule has 1 unspecified atom stereocenters. The van der Waals surface area contributed by atoms with Crippen molar-refractivity contribution in [3.05, 3.63) is 35.9 Å². The van der Waals surface area contributed by atoms with Gasteiger partial charge in [-0.25, -0.2) is 0 Å². The van der Waals surface area contributed by atoms with Crippen LogP contribution >= 0.6 is 0 Å². The highest BCUT2D eigenvalue weighted by Gasteiger charge is 2.37. The van der Waals surface area contributed by atoms with E-state index < -0.39 is 5.60 Å². The van der Waals surface area contributed by atoms with Crippen LogP contribution in [-0.4, -0.2) is 30.6 Å². The first kappa shape index (κ1) is 16.1. The molecule has 0 saturated heterocycles. The highest BCUT2D eigenvalue weighted by molar-refractivity contribution is 5.33. The lowest BCUT2D eigenvalue weighted by atomic mass is 9.73. The molecule has 21 heavy (non-hydrogen) atoms. The molecule has 0 radical (unpaired) electrons. The van der Waals surface area contributed by atoms with Crippen molar-refractivity contribution in [3.63, 3.8) is 0 Å². The third-order valence-electron chi connectivity index (χ3n) is 4.37. The molecule has 0 amide bonds. The lowest BCUT2D eigenvalue weighted by Crippen LogP contribution is -2.35. The average Bonchev–Trinajstić information content (AvgIpc) is 2.53. The maximum Gasteiger partial charge on any atom is 0.153 e. The van der Waals surface area contributed by atoms with E-state index in [9.17, 15) is 5.11 Å². The molecule has 0 heterocycles. The number of nitrogens with zero attached hydrogens (tertiary/aromatic N) is 1. The van der Waals surface area contributed by atoms with Crippen molar-refractivity contribution in [1.29, 1.82) is 0 Å². The summed E-state index contributed by atoms with van der Waals surface area (Å²) in [6.45, 7) is 0.933. The fraction of sp³-hybridized carbons (Fsp3) is 0.579. The zero-order chi connectivity index (χ0) is 15.1. The lowest BCUT2D eigenvalue weighted by molar-refractivity contribution is 0.0159. The van der Waals surface area contributed by atoms with Crippen molar-refractivity contribution in [3.8, 4) is 11.8 Å². The SMILES string of the molecule is CN(C)CCC#CC(O)(c1ccccc1)C1CCCCC1. The van der Waals surface area contributed by atoms with Crippen molar-refractivity contribution in [2.45, 2.75) is 44.1 Å². The summed E-state index contributed by atoms with van der Waals surface area (Å²) in [7, 11) is 4.10. The van der Waals surface area contributed by atoms with Crippen molar-refractivity contribution in [2.75, 3.05) is 20.6 Å². The fourth-order valence-corrected chi connectivity index (χ4v) is 3.10. The Hall–Kier alpha value is -1.30. The van der Waals surface area contributed by atoms with Crippen molar-refractivity contribution in [1.82, 2.24) is 4.90 Å². The zero-order valence-corrected chi connectivity index (χ0v) is 13.3. The Bertz CT molecular complexity index is 479. The Morgan fingerprint density at radius 3 is 2.43 bits per heavy atom. The zero-order valence-electron chi connectivity index (χ0n) is 13.3. The molecule has 1 fully saturated rings. The van der Waals surface area contributed by atoms with Crippen molar-refractivity contribution >= 4 is 0 Å². The Labute approximate surface area is 129 Å². The Morgan fingerprint density at radius 2 is 1.81 bits per heavy atom. The first-order chi connectivity index (χ1) is 10.1. The Balaban J connectivity index is 2.21. The molecule has 1 saturated carbocycles. The normalized spacial score (nSPS) is 18.9. The maximum absolute atomic E-state index is 11.3. The molecule has 2 heteroatoms. The van der Waals surface area contributed by atoms with Crippen LogP contribution in [-0.2, 0) is 5.60 Å². The molecule has 1 aromatic carbocycles. The minimum atomic E-state index is -0.978. The number of rotatable bonds is 4. The second-order valence-electron chi connectivity index (χ2n) is 6.32. The minimum absolute atomic E-state index is 0.264. The molecule has 114 valence electrons. The van der Waals surface area contributed by atoms with Crippen LogP contribution in [0.3, 0.4) is 0 Å². The smallest absolute Gasteiger partial charge is 0.153 e. The second kappa shape index (κ2) is 7.64. The van der Waals surface area contributed by atoms with E-state index in [1.807, 2.05) is 44.4 Å². The van der Waals surface area contributed by atoms with E-state index in [0.29, 0.717) is 0 Å². The number of hydrogen-bond acceptors (Lipinski definition) is 2. The highest BCUT2D eigenvalue weighted by Crippen LogP contribution is 2.38. The van der Waals surface area contributed by atoms with Crippen molar-refractivity contribution in [2.24, 2.45) is 5.92 Å². The van der Waals surface area contributed by atoms with Gasteiger partial charge in [-0.05, 0) is 32.5 Å². The summed E-state index contributed by atoms with van der Waals surface area (Å²) in [5, 5.41) is 11.3. The van der Waals surface area contributed by atoms with Gasteiger partial charge in [0.05, 0.1) is 0 Å².